The van der Waals surface area contributed by atoms with E-state index in [2.05, 4.69) is 30.1 Å². The summed E-state index contributed by atoms with van der Waals surface area (Å²) in [7, 11) is 2.00. The molecule has 20 heavy (non-hydrogen) atoms. The molecule has 0 spiro atoms. The maximum absolute atomic E-state index is 5.91. The molecule has 6 nitrogen and oxygen atoms in total. The quantitative estimate of drug-likeness (QED) is 0.374. The van der Waals surface area contributed by atoms with Gasteiger partial charge in [-0.15, -0.1) is 5.10 Å². The Morgan fingerprint density at radius 2 is 2.15 bits per heavy atom. The molecule has 6 heteroatoms. The number of nitrogens with two attached hydrogens (primary N) is 1. The van der Waals surface area contributed by atoms with E-state index >= 15 is 0 Å². The van der Waals surface area contributed by atoms with Crippen LogP contribution < -0.4 is 10.1 Å². The summed E-state index contributed by atoms with van der Waals surface area (Å²) in [5.74, 6) is 0.505. The van der Waals surface area contributed by atoms with Crippen molar-refractivity contribution in [2.45, 2.75) is 12.8 Å². The number of rotatable bonds is 2. The van der Waals surface area contributed by atoms with Crippen molar-refractivity contribution in [1.82, 2.24) is 9.47 Å². The van der Waals surface area contributed by atoms with Crippen molar-refractivity contribution in [3.05, 3.63) is 36.3 Å². The smallest absolute Gasteiger partial charge is 0.286 e. The number of fused-ring (bicyclic) bond motifs is 1. The van der Waals surface area contributed by atoms with Crippen LogP contribution in [0.2, 0.25) is 0 Å². The van der Waals surface area contributed by atoms with Crippen molar-refractivity contribution < 1.29 is 4.40 Å². The van der Waals surface area contributed by atoms with E-state index in [0.717, 1.165) is 24.4 Å². The van der Waals surface area contributed by atoms with Crippen molar-refractivity contribution in [2.24, 2.45) is 23.0 Å². The molecule has 3 heterocycles. The van der Waals surface area contributed by atoms with Gasteiger partial charge in [-0.25, -0.2) is 8.97 Å². The average Bonchev–Trinajstić information content (AvgIpc) is 3.09. The number of pyridine rings is 1. The molecule has 1 aliphatic heterocycles. The van der Waals surface area contributed by atoms with E-state index < -0.39 is 0 Å². The van der Waals surface area contributed by atoms with E-state index in [1.165, 1.54) is 12.8 Å². The van der Waals surface area contributed by atoms with Gasteiger partial charge in [0.25, 0.3) is 5.65 Å². The molecule has 0 amide bonds. The molecular formula is C14H19N6+. The van der Waals surface area contributed by atoms with E-state index in [4.69, 9.17) is 5.73 Å². The number of guanidine groups is 1. The molecule has 0 aliphatic carbocycles. The Balaban J connectivity index is 1.80. The summed E-state index contributed by atoms with van der Waals surface area (Å²) < 4.78 is 4.11. The van der Waals surface area contributed by atoms with Crippen LogP contribution in [0.15, 0.2) is 40.8 Å². The van der Waals surface area contributed by atoms with Crippen molar-refractivity contribution in [2.75, 3.05) is 13.1 Å². The second kappa shape index (κ2) is 5.32. The molecule has 104 valence electrons. The van der Waals surface area contributed by atoms with E-state index in [1.807, 2.05) is 31.6 Å². The molecule has 2 aromatic heterocycles. The van der Waals surface area contributed by atoms with E-state index in [1.54, 1.807) is 6.21 Å². The summed E-state index contributed by atoms with van der Waals surface area (Å²) >= 11 is 0. The minimum absolute atomic E-state index is 0.505. The molecule has 2 N–H and O–H groups in total. The molecule has 1 saturated heterocycles. The highest BCUT2D eigenvalue weighted by Crippen LogP contribution is 2.06. The fraction of sp³-hybridized carbons (Fsp3) is 0.357. The number of aryl methyl sites for hydroxylation is 1. The molecular weight excluding hydrogens is 252 g/mol. The maximum atomic E-state index is 5.91. The molecule has 0 atom stereocenters. The highest BCUT2D eigenvalue weighted by atomic mass is 15.4. The number of likely N-dealkylation sites (tertiary alicyclic amines) is 1. The van der Waals surface area contributed by atoms with Gasteiger partial charge in [0.15, 0.2) is 5.69 Å². The van der Waals surface area contributed by atoms with E-state index in [0.29, 0.717) is 5.96 Å². The summed E-state index contributed by atoms with van der Waals surface area (Å²) in [5, 5.41) is 8.18. The zero-order valence-electron chi connectivity index (χ0n) is 11.6. The molecule has 3 rings (SSSR count). The number of imidazole rings is 1. The van der Waals surface area contributed by atoms with Gasteiger partial charge in [-0.1, -0.05) is 6.07 Å². The van der Waals surface area contributed by atoms with E-state index in [9.17, 15) is 0 Å². The summed E-state index contributed by atoms with van der Waals surface area (Å²) in [4.78, 5) is 2.06. The van der Waals surface area contributed by atoms with Crippen LogP contribution in [-0.4, -0.2) is 34.7 Å². The first-order chi connectivity index (χ1) is 9.75. The Morgan fingerprint density at radius 3 is 2.90 bits per heavy atom. The van der Waals surface area contributed by atoms with Crippen molar-refractivity contribution in [3.63, 3.8) is 0 Å². The van der Waals surface area contributed by atoms with Gasteiger partial charge in [-0.2, -0.15) is 5.10 Å². The Labute approximate surface area is 117 Å². The lowest BCUT2D eigenvalue weighted by Crippen LogP contribution is -2.34. The Morgan fingerprint density at radius 1 is 1.35 bits per heavy atom. The molecule has 0 aromatic carbocycles. The second-order valence-corrected chi connectivity index (χ2v) is 4.98. The third-order valence-electron chi connectivity index (χ3n) is 3.65. The van der Waals surface area contributed by atoms with Crippen LogP contribution in [0, 0.1) is 0 Å². The SMILES string of the molecule is Cn1c(/C=N\N=C(N)N2CCCC2)c[n+]2ccccc12. The maximum Gasteiger partial charge on any atom is 0.286 e. The topological polar surface area (TPSA) is 63.0 Å². The molecule has 1 fully saturated rings. The van der Waals surface area contributed by atoms with Crippen molar-refractivity contribution in [3.8, 4) is 0 Å². The first-order valence-corrected chi connectivity index (χ1v) is 6.83. The number of hydrogen-bond acceptors (Lipinski definition) is 2. The Kier molecular flexibility index (Phi) is 3.37. The molecule has 2 aromatic rings. The first kappa shape index (κ1) is 12.7. The fourth-order valence-corrected chi connectivity index (χ4v) is 2.48. The highest BCUT2D eigenvalue weighted by Gasteiger charge is 2.13. The molecule has 0 radical (unpaired) electrons. The number of nitrogens with zero attached hydrogens (tertiary/aromatic N) is 5. The second-order valence-electron chi connectivity index (χ2n) is 4.98. The summed E-state index contributed by atoms with van der Waals surface area (Å²) in [5.41, 5.74) is 7.99. The van der Waals surface area contributed by atoms with Gasteiger partial charge >= 0.3 is 0 Å². The van der Waals surface area contributed by atoms with Crippen LogP contribution >= 0.6 is 0 Å². The van der Waals surface area contributed by atoms with Gasteiger partial charge in [-0.3, -0.25) is 0 Å². The number of hydrogen-bond donors (Lipinski definition) is 1. The number of aromatic nitrogens is 2. The largest absolute Gasteiger partial charge is 0.368 e. The third kappa shape index (κ3) is 2.36. The molecule has 0 bridgehead atoms. The van der Waals surface area contributed by atoms with Crippen molar-refractivity contribution in [1.29, 1.82) is 0 Å². The lowest BCUT2D eigenvalue weighted by atomic mass is 10.4. The average molecular weight is 271 g/mol. The Hall–Kier alpha value is -2.37. The van der Waals surface area contributed by atoms with E-state index in [-0.39, 0.29) is 0 Å². The van der Waals surface area contributed by atoms with Crippen LogP contribution in [0.3, 0.4) is 0 Å². The predicted octanol–water partition coefficient (Wildman–Crippen LogP) is 0.508. The molecule has 0 unspecified atom stereocenters. The van der Waals surface area contributed by atoms with Crippen LogP contribution in [-0.2, 0) is 7.05 Å². The van der Waals surface area contributed by atoms with Crippen LogP contribution in [0.4, 0.5) is 0 Å². The molecule has 0 saturated carbocycles. The molecule has 1 aliphatic rings. The third-order valence-corrected chi connectivity index (χ3v) is 3.65. The fourth-order valence-electron chi connectivity index (χ4n) is 2.48. The van der Waals surface area contributed by atoms with Gasteiger partial charge in [0.2, 0.25) is 5.96 Å². The normalized spacial score (nSPS) is 16.6. The van der Waals surface area contributed by atoms with Crippen molar-refractivity contribution >= 4 is 17.8 Å². The zero-order chi connectivity index (χ0) is 13.9. The van der Waals surface area contributed by atoms with Crippen LogP contribution in [0.5, 0.6) is 0 Å². The van der Waals surface area contributed by atoms with Gasteiger partial charge < -0.3 is 10.6 Å². The van der Waals surface area contributed by atoms with Gasteiger partial charge in [0, 0.05) is 19.2 Å². The summed E-state index contributed by atoms with van der Waals surface area (Å²) in [6, 6.07) is 6.07. The van der Waals surface area contributed by atoms with Gasteiger partial charge in [-0.05, 0) is 18.9 Å². The lowest BCUT2D eigenvalue weighted by Gasteiger charge is -2.13. The minimum atomic E-state index is 0.505. The first-order valence-electron chi connectivity index (χ1n) is 6.83. The minimum Gasteiger partial charge on any atom is -0.368 e. The standard InChI is InChI=1S/C14H19N6/c1-18-12(11-20-9-3-2-6-13(18)20)10-16-17-14(15)19-7-4-5-8-19/h2-3,6,9-11H,4-5,7-8H2,1H3,(H2,15,17)/q+1/b16-10-. The zero-order valence-corrected chi connectivity index (χ0v) is 11.6. The van der Waals surface area contributed by atoms with Crippen LogP contribution in [0.1, 0.15) is 18.5 Å². The summed E-state index contributed by atoms with van der Waals surface area (Å²) in [6.45, 7) is 1.96. The highest BCUT2D eigenvalue weighted by molar-refractivity contribution is 5.81. The summed E-state index contributed by atoms with van der Waals surface area (Å²) in [6.07, 6.45) is 8.12. The monoisotopic (exact) mass is 271 g/mol. The van der Waals surface area contributed by atoms with Crippen LogP contribution in [0.25, 0.3) is 5.65 Å². The predicted molar refractivity (Wildman–Crippen MR) is 78.6 cm³/mol. The van der Waals surface area contributed by atoms with Gasteiger partial charge in [0.05, 0.1) is 13.2 Å². The lowest BCUT2D eigenvalue weighted by molar-refractivity contribution is -0.510. The van der Waals surface area contributed by atoms with Gasteiger partial charge in [0.1, 0.15) is 12.4 Å². The Bertz CT molecular complexity index is 663.